The smallest absolute Gasteiger partial charge is 0.129 e. The molecule has 98 valence electrons. The lowest BCUT2D eigenvalue weighted by molar-refractivity contribution is 0.494. The fraction of sp³-hybridized carbons (Fsp3) is 0.667. The SMILES string of the molecule is CNCc1cc(C)nc(N2CC3CCCC3C2)c1. The Morgan fingerprint density at radius 3 is 2.67 bits per heavy atom. The number of nitrogens with zero attached hydrogens (tertiary/aromatic N) is 2. The highest BCUT2D eigenvalue weighted by atomic mass is 15.2. The van der Waals surface area contributed by atoms with Crippen LogP contribution in [0.2, 0.25) is 0 Å². The molecule has 3 nitrogen and oxygen atoms in total. The predicted octanol–water partition coefficient (Wildman–Crippen LogP) is 2.35. The molecule has 0 amide bonds. The third-order valence-electron chi connectivity index (χ3n) is 4.43. The number of aromatic nitrogens is 1. The van der Waals surface area contributed by atoms with Crippen molar-refractivity contribution in [2.75, 3.05) is 25.0 Å². The minimum Gasteiger partial charge on any atom is -0.356 e. The van der Waals surface area contributed by atoms with Crippen LogP contribution in [-0.4, -0.2) is 25.1 Å². The number of hydrogen-bond acceptors (Lipinski definition) is 3. The van der Waals surface area contributed by atoms with Crippen LogP contribution in [0.1, 0.15) is 30.5 Å². The van der Waals surface area contributed by atoms with Gasteiger partial charge in [-0.15, -0.1) is 0 Å². The molecule has 2 heterocycles. The molecule has 1 aliphatic heterocycles. The quantitative estimate of drug-likeness (QED) is 0.886. The molecule has 0 spiro atoms. The van der Waals surface area contributed by atoms with Crippen molar-refractivity contribution in [3.8, 4) is 0 Å². The Balaban J connectivity index is 1.79. The number of hydrogen-bond donors (Lipinski definition) is 1. The molecule has 2 fully saturated rings. The maximum absolute atomic E-state index is 4.72. The highest BCUT2D eigenvalue weighted by molar-refractivity contribution is 5.44. The number of fused-ring (bicyclic) bond motifs is 1. The van der Waals surface area contributed by atoms with Gasteiger partial charge in [-0.05, 0) is 56.3 Å². The van der Waals surface area contributed by atoms with E-state index in [1.807, 2.05) is 7.05 Å². The summed E-state index contributed by atoms with van der Waals surface area (Å²) < 4.78 is 0. The lowest BCUT2D eigenvalue weighted by atomic mass is 10.0. The lowest BCUT2D eigenvalue weighted by Gasteiger charge is -2.19. The van der Waals surface area contributed by atoms with Gasteiger partial charge in [0.05, 0.1) is 0 Å². The van der Waals surface area contributed by atoms with Gasteiger partial charge >= 0.3 is 0 Å². The second-order valence-corrected chi connectivity index (χ2v) is 5.86. The third kappa shape index (κ3) is 2.24. The molecular formula is C15H23N3. The molecule has 0 radical (unpaired) electrons. The van der Waals surface area contributed by atoms with Gasteiger partial charge in [0.25, 0.3) is 0 Å². The van der Waals surface area contributed by atoms with Crippen LogP contribution in [0.4, 0.5) is 5.82 Å². The van der Waals surface area contributed by atoms with E-state index in [1.54, 1.807) is 0 Å². The van der Waals surface area contributed by atoms with E-state index in [4.69, 9.17) is 4.98 Å². The number of anilines is 1. The maximum atomic E-state index is 4.72. The van der Waals surface area contributed by atoms with Crippen molar-refractivity contribution in [1.82, 2.24) is 10.3 Å². The van der Waals surface area contributed by atoms with Crippen LogP contribution >= 0.6 is 0 Å². The van der Waals surface area contributed by atoms with Gasteiger partial charge in [-0.25, -0.2) is 4.98 Å². The summed E-state index contributed by atoms with van der Waals surface area (Å²) in [5.74, 6) is 3.05. The lowest BCUT2D eigenvalue weighted by Crippen LogP contribution is -2.22. The standard InChI is InChI=1S/C15H23N3/c1-11-6-12(8-16-2)7-15(17-11)18-9-13-4-3-5-14(13)10-18/h6-7,13-14,16H,3-5,8-10H2,1-2H3. The first-order valence-electron chi connectivity index (χ1n) is 7.13. The summed E-state index contributed by atoms with van der Waals surface area (Å²) in [5.41, 5.74) is 2.48. The number of pyridine rings is 1. The van der Waals surface area contributed by atoms with Gasteiger partial charge in [0.1, 0.15) is 5.82 Å². The first-order valence-corrected chi connectivity index (χ1v) is 7.13. The average Bonchev–Trinajstić information content (AvgIpc) is 2.88. The Bertz CT molecular complexity index is 418. The van der Waals surface area contributed by atoms with Crippen LogP contribution in [0.3, 0.4) is 0 Å². The van der Waals surface area contributed by atoms with E-state index in [0.29, 0.717) is 0 Å². The minimum atomic E-state index is 0.928. The molecule has 0 bridgehead atoms. The summed E-state index contributed by atoms with van der Waals surface area (Å²) in [7, 11) is 2.00. The summed E-state index contributed by atoms with van der Waals surface area (Å²) in [6.45, 7) is 5.47. The van der Waals surface area contributed by atoms with E-state index in [1.165, 1.54) is 43.7 Å². The molecular weight excluding hydrogens is 222 g/mol. The van der Waals surface area contributed by atoms with Gasteiger partial charge < -0.3 is 10.2 Å². The summed E-state index contributed by atoms with van der Waals surface area (Å²) >= 11 is 0. The van der Waals surface area contributed by atoms with Crippen LogP contribution in [0.25, 0.3) is 0 Å². The van der Waals surface area contributed by atoms with Crippen molar-refractivity contribution < 1.29 is 0 Å². The Hall–Kier alpha value is -1.09. The molecule has 1 saturated carbocycles. The van der Waals surface area contributed by atoms with E-state index >= 15 is 0 Å². The molecule has 1 saturated heterocycles. The second kappa shape index (κ2) is 4.88. The normalized spacial score (nSPS) is 26.7. The summed E-state index contributed by atoms with van der Waals surface area (Å²) in [6.07, 6.45) is 4.29. The van der Waals surface area contributed by atoms with Crippen molar-refractivity contribution >= 4 is 5.82 Å². The van der Waals surface area contributed by atoms with E-state index in [0.717, 1.165) is 24.1 Å². The van der Waals surface area contributed by atoms with Crippen LogP contribution in [-0.2, 0) is 6.54 Å². The zero-order chi connectivity index (χ0) is 12.5. The highest BCUT2D eigenvalue weighted by Gasteiger charge is 2.36. The van der Waals surface area contributed by atoms with Crippen LogP contribution in [0, 0.1) is 18.8 Å². The molecule has 1 aromatic rings. The molecule has 2 atom stereocenters. The number of aryl methyl sites for hydroxylation is 1. The fourth-order valence-electron chi connectivity index (χ4n) is 3.61. The zero-order valence-corrected chi connectivity index (χ0v) is 11.4. The monoisotopic (exact) mass is 245 g/mol. The van der Waals surface area contributed by atoms with Gasteiger partial charge in [0.15, 0.2) is 0 Å². The van der Waals surface area contributed by atoms with Crippen molar-refractivity contribution in [2.45, 2.75) is 32.7 Å². The molecule has 3 rings (SSSR count). The predicted molar refractivity (Wildman–Crippen MR) is 74.8 cm³/mol. The van der Waals surface area contributed by atoms with Gasteiger partial charge in [0.2, 0.25) is 0 Å². The molecule has 3 heteroatoms. The Morgan fingerprint density at radius 2 is 2.00 bits per heavy atom. The summed E-state index contributed by atoms with van der Waals surface area (Å²) in [4.78, 5) is 7.22. The average molecular weight is 245 g/mol. The molecule has 1 aromatic heterocycles. The molecule has 0 aromatic carbocycles. The van der Waals surface area contributed by atoms with Crippen molar-refractivity contribution in [1.29, 1.82) is 0 Å². The van der Waals surface area contributed by atoms with Gasteiger partial charge in [-0.3, -0.25) is 0 Å². The van der Waals surface area contributed by atoms with Gasteiger partial charge in [-0.1, -0.05) is 6.42 Å². The van der Waals surface area contributed by atoms with Gasteiger partial charge in [0, 0.05) is 25.3 Å². The molecule has 1 aliphatic carbocycles. The van der Waals surface area contributed by atoms with Crippen molar-refractivity contribution in [3.63, 3.8) is 0 Å². The van der Waals surface area contributed by atoms with E-state index in [2.05, 4.69) is 29.3 Å². The zero-order valence-electron chi connectivity index (χ0n) is 11.4. The van der Waals surface area contributed by atoms with E-state index in [9.17, 15) is 0 Å². The van der Waals surface area contributed by atoms with Crippen LogP contribution < -0.4 is 10.2 Å². The summed E-state index contributed by atoms with van der Waals surface area (Å²) in [6, 6.07) is 4.43. The molecule has 2 aliphatic rings. The number of nitrogens with one attached hydrogen (secondary N) is 1. The maximum Gasteiger partial charge on any atom is 0.129 e. The highest BCUT2D eigenvalue weighted by Crippen LogP contribution is 2.39. The topological polar surface area (TPSA) is 28.2 Å². The molecule has 1 N–H and O–H groups in total. The first-order chi connectivity index (χ1) is 8.76. The fourth-order valence-corrected chi connectivity index (χ4v) is 3.61. The first kappa shape index (κ1) is 12.0. The van der Waals surface area contributed by atoms with Crippen LogP contribution in [0.15, 0.2) is 12.1 Å². The number of rotatable bonds is 3. The molecule has 2 unspecified atom stereocenters. The van der Waals surface area contributed by atoms with Gasteiger partial charge in [-0.2, -0.15) is 0 Å². The van der Waals surface area contributed by atoms with E-state index in [-0.39, 0.29) is 0 Å². The van der Waals surface area contributed by atoms with E-state index < -0.39 is 0 Å². The van der Waals surface area contributed by atoms with Crippen LogP contribution in [0.5, 0.6) is 0 Å². The Morgan fingerprint density at radius 1 is 1.28 bits per heavy atom. The van der Waals surface area contributed by atoms with Crippen molar-refractivity contribution in [3.05, 3.63) is 23.4 Å². The Kier molecular flexibility index (Phi) is 3.25. The Labute approximate surface area is 110 Å². The third-order valence-corrected chi connectivity index (χ3v) is 4.43. The molecule has 18 heavy (non-hydrogen) atoms. The second-order valence-electron chi connectivity index (χ2n) is 5.86. The minimum absolute atomic E-state index is 0.928. The summed E-state index contributed by atoms with van der Waals surface area (Å²) in [5, 5.41) is 3.22. The largest absolute Gasteiger partial charge is 0.356 e. The van der Waals surface area contributed by atoms with Crippen molar-refractivity contribution in [2.24, 2.45) is 11.8 Å².